The number of aromatic nitrogens is 1. The van der Waals surface area contributed by atoms with E-state index in [0.717, 1.165) is 5.52 Å². The van der Waals surface area contributed by atoms with Crippen molar-refractivity contribution in [3.05, 3.63) is 103 Å². The molecule has 0 bridgehead atoms. The first-order valence-corrected chi connectivity index (χ1v) is 9.57. The summed E-state index contributed by atoms with van der Waals surface area (Å²) in [6.45, 7) is 0. The van der Waals surface area contributed by atoms with Crippen LogP contribution >= 0.6 is 0 Å². The molecular formula is C27H17N. The van der Waals surface area contributed by atoms with Crippen LogP contribution in [0.1, 0.15) is 0 Å². The molecule has 1 heteroatoms. The van der Waals surface area contributed by atoms with Crippen LogP contribution in [0.5, 0.6) is 0 Å². The van der Waals surface area contributed by atoms with Crippen LogP contribution in [0.2, 0.25) is 0 Å². The van der Waals surface area contributed by atoms with E-state index < -0.39 is 0 Å². The molecule has 0 saturated heterocycles. The van der Waals surface area contributed by atoms with Gasteiger partial charge in [0.1, 0.15) is 0 Å². The Morgan fingerprint density at radius 2 is 1.21 bits per heavy atom. The molecule has 0 unspecified atom stereocenters. The number of pyridine rings is 1. The quantitative estimate of drug-likeness (QED) is 0.281. The molecule has 1 aromatic heterocycles. The number of hydrogen-bond donors (Lipinski definition) is 0. The second-order valence-corrected chi connectivity index (χ2v) is 7.27. The first-order chi connectivity index (χ1) is 13.9. The van der Waals surface area contributed by atoms with Gasteiger partial charge in [-0.1, -0.05) is 78.9 Å². The number of nitrogens with zero attached hydrogens (tertiary/aromatic N) is 1. The van der Waals surface area contributed by atoms with Crippen molar-refractivity contribution >= 4 is 43.2 Å². The minimum absolute atomic E-state index is 1.06. The molecule has 5 aromatic carbocycles. The lowest BCUT2D eigenvalue weighted by Gasteiger charge is -2.12. The maximum Gasteiger partial charge on any atom is 0.0786 e. The van der Waals surface area contributed by atoms with E-state index in [2.05, 4.69) is 91.0 Å². The molecule has 0 saturated carbocycles. The molecular weight excluding hydrogens is 338 g/mol. The number of benzene rings is 5. The summed E-state index contributed by atoms with van der Waals surface area (Å²) >= 11 is 0. The summed E-state index contributed by atoms with van der Waals surface area (Å²) in [5.41, 5.74) is 3.45. The van der Waals surface area contributed by atoms with E-state index in [1.807, 2.05) is 12.3 Å². The Kier molecular flexibility index (Phi) is 3.24. The lowest BCUT2D eigenvalue weighted by molar-refractivity contribution is 1.42. The minimum Gasteiger partial charge on any atom is -0.256 e. The van der Waals surface area contributed by atoms with E-state index in [1.54, 1.807) is 0 Å². The average Bonchev–Trinajstić information content (AvgIpc) is 2.78. The summed E-state index contributed by atoms with van der Waals surface area (Å²) in [6, 6.07) is 34.8. The van der Waals surface area contributed by atoms with E-state index in [1.165, 1.54) is 48.8 Å². The van der Waals surface area contributed by atoms with Gasteiger partial charge in [-0.05, 0) is 56.1 Å². The Bertz CT molecular complexity index is 1510. The molecule has 6 aromatic rings. The largest absolute Gasteiger partial charge is 0.256 e. The van der Waals surface area contributed by atoms with Gasteiger partial charge in [0, 0.05) is 17.1 Å². The standard InChI is InChI=1S/C27H17N/c1-2-8-20-16-21(12-11-18(20)6-1)25-17-26-22-9-4-3-7-19(22)13-14-23(26)24-10-5-15-28-27(24)25/h1-17H. The van der Waals surface area contributed by atoms with Gasteiger partial charge in [0.25, 0.3) is 0 Å². The van der Waals surface area contributed by atoms with Crippen molar-refractivity contribution < 1.29 is 0 Å². The third-order valence-electron chi connectivity index (χ3n) is 5.67. The highest BCUT2D eigenvalue weighted by Crippen LogP contribution is 2.37. The zero-order chi connectivity index (χ0) is 18.5. The van der Waals surface area contributed by atoms with E-state index in [-0.39, 0.29) is 0 Å². The summed E-state index contributed by atoms with van der Waals surface area (Å²) in [5.74, 6) is 0. The lowest BCUT2D eigenvalue weighted by atomic mass is 9.92. The highest BCUT2D eigenvalue weighted by atomic mass is 14.6. The van der Waals surface area contributed by atoms with Crippen LogP contribution in [0, 0.1) is 0 Å². The summed E-state index contributed by atoms with van der Waals surface area (Å²) in [7, 11) is 0. The first-order valence-electron chi connectivity index (χ1n) is 9.57. The van der Waals surface area contributed by atoms with E-state index in [9.17, 15) is 0 Å². The highest BCUT2D eigenvalue weighted by molar-refractivity contribution is 6.20. The maximum atomic E-state index is 4.77. The van der Waals surface area contributed by atoms with Crippen molar-refractivity contribution in [1.82, 2.24) is 4.98 Å². The molecule has 130 valence electrons. The predicted molar refractivity (Wildman–Crippen MR) is 120 cm³/mol. The van der Waals surface area contributed by atoms with Crippen LogP contribution in [-0.2, 0) is 0 Å². The van der Waals surface area contributed by atoms with Gasteiger partial charge in [-0.25, -0.2) is 0 Å². The molecule has 0 radical (unpaired) electrons. The zero-order valence-corrected chi connectivity index (χ0v) is 15.3. The van der Waals surface area contributed by atoms with Gasteiger partial charge < -0.3 is 0 Å². The van der Waals surface area contributed by atoms with Crippen LogP contribution in [0.3, 0.4) is 0 Å². The fraction of sp³-hybridized carbons (Fsp3) is 0. The monoisotopic (exact) mass is 355 g/mol. The second-order valence-electron chi connectivity index (χ2n) is 7.27. The number of hydrogen-bond acceptors (Lipinski definition) is 1. The fourth-order valence-corrected chi connectivity index (χ4v) is 4.31. The molecule has 6 rings (SSSR count). The van der Waals surface area contributed by atoms with Crippen LogP contribution in [0.15, 0.2) is 103 Å². The van der Waals surface area contributed by atoms with Crippen molar-refractivity contribution in [3.63, 3.8) is 0 Å². The van der Waals surface area contributed by atoms with Gasteiger partial charge in [0.15, 0.2) is 0 Å². The Hall–Kier alpha value is -3.71. The van der Waals surface area contributed by atoms with Gasteiger partial charge in [0.2, 0.25) is 0 Å². The van der Waals surface area contributed by atoms with Crippen molar-refractivity contribution in [2.45, 2.75) is 0 Å². The minimum atomic E-state index is 1.06. The van der Waals surface area contributed by atoms with Gasteiger partial charge >= 0.3 is 0 Å². The van der Waals surface area contributed by atoms with Crippen molar-refractivity contribution in [1.29, 1.82) is 0 Å². The van der Waals surface area contributed by atoms with Crippen LogP contribution in [0.4, 0.5) is 0 Å². The second kappa shape index (κ2) is 5.90. The topological polar surface area (TPSA) is 12.9 Å². The summed E-state index contributed by atoms with van der Waals surface area (Å²) in [4.78, 5) is 4.77. The van der Waals surface area contributed by atoms with Crippen molar-refractivity contribution in [3.8, 4) is 11.1 Å². The maximum absolute atomic E-state index is 4.77. The van der Waals surface area contributed by atoms with Crippen LogP contribution in [-0.4, -0.2) is 4.98 Å². The van der Waals surface area contributed by atoms with Crippen molar-refractivity contribution in [2.24, 2.45) is 0 Å². The molecule has 0 spiro atoms. The van der Waals surface area contributed by atoms with Gasteiger partial charge in [-0.3, -0.25) is 4.98 Å². The molecule has 0 aliphatic heterocycles. The predicted octanol–water partition coefficient (Wildman–Crippen LogP) is 7.36. The first kappa shape index (κ1) is 15.4. The molecule has 0 fully saturated rings. The molecule has 0 atom stereocenters. The van der Waals surface area contributed by atoms with Crippen molar-refractivity contribution in [2.75, 3.05) is 0 Å². The van der Waals surface area contributed by atoms with E-state index >= 15 is 0 Å². The highest BCUT2D eigenvalue weighted by Gasteiger charge is 2.12. The molecule has 0 N–H and O–H groups in total. The third kappa shape index (κ3) is 2.23. The summed E-state index contributed by atoms with van der Waals surface area (Å²) in [5, 5.41) is 8.80. The molecule has 28 heavy (non-hydrogen) atoms. The van der Waals surface area contributed by atoms with E-state index in [0.29, 0.717) is 0 Å². The smallest absolute Gasteiger partial charge is 0.0786 e. The Morgan fingerprint density at radius 1 is 0.464 bits per heavy atom. The molecule has 0 aliphatic rings. The molecule has 1 nitrogen and oxygen atoms in total. The number of rotatable bonds is 1. The Balaban J connectivity index is 1.78. The molecule has 0 aliphatic carbocycles. The summed E-state index contributed by atoms with van der Waals surface area (Å²) in [6.07, 6.45) is 1.89. The van der Waals surface area contributed by atoms with Gasteiger partial charge in [-0.2, -0.15) is 0 Å². The van der Waals surface area contributed by atoms with E-state index in [4.69, 9.17) is 4.98 Å². The SMILES string of the molecule is c1ccc2cc(-c3cc4c5ccccc5ccc4c4cccnc34)ccc2c1. The molecule has 0 amide bonds. The van der Waals surface area contributed by atoms with Crippen LogP contribution in [0.25, 0.3) is 54.3 Å². The Labute approximate surface area is 162 Å². The lowest BCUT2D eigenvalue weighted by Crippen LogP contribution is -1.88. The Morgan fingerprint density at radius 3 is 2.14 bits per heavy atom. The summed E-state index contributed by atoms with van der Waals surface area (Å²) < 4.78 is 0. The van der Waals surface area contributed by atoms with Crippen LogP contribution < -0.4 is 0 Å². The average molecular weight is 355 g/mol. The third-order valence-corrected chi connectivity index (χ3v) is 5.67. The molecule has 1 heterocycles. The van der Waals surface area contributed by atoms with Gasteiger partial charge in [-0.15, -0.1) is 0 Å². The number of fused-ring (bicyclic) bond motifs is 6. The fourth-order valence-electron chi connectivity index (χ4n) is 4.31. The zero-order valence-electron chi connectivity index (χ0n) is 15.3. The normalized spacial score (nSPS) is 11.6. The van der Waals surface area contributed by atoms with Gasteiger partial charge in [0.05, 0.1) is 5.52 Å².